The molecular weight excluding hydrogens is 232 g/mol. The van der Waals surface area contributed by atoms with Gasteiger partial charge in [0.25, 0.3) is 0 Å². The molecule has 0 spiro atoms. The molecule has 100 valence electrons. The number of nitrogen functional groups attached to an aromatic ring is 1. The number of anilines is 2. The van der Waals surface area contributed by atoms with Gasteiger partial charge in [-0.1, -0.05) is 0 Å². The Balaban J connectivity index is 2.09. The van der Waals surface area contributed by atoms with E-state index in [0.29, 0.717) is 30.7 Å². The van der Waals surface area contributed by atoms with E-state index in [2.05, 4.69) is 15.3 Å². The van der Waals surface area contributed by atoms with Crippen LogP contribution < -0.4 is 11.1 Å². The maximum absolute atomic E-state index is 9.42. The molecule has 0 amide bonds. The molecule has 2 rings (SSSR count). The number of rotatable bonds is 6. The molecule has 1 aliphatic rings. The van der Waals surface area contributed by atoms with Crippen molar-refractivity contribution in [2.75, 3.05) is 24.3 Å². The van der Waals surface area contributed by atoms with Gasteiger partial charge in [0.05, 0.1) is 12.1 Å². The van der Waals surface area contributed by atoms with Gasteiger partial charge in [-0.2, -0.15) is 0 Å². The molecule has 0 radical (unpaired) electrons. The van der Waals surface area contributed by atoms with Crippen molar-refractivity contribution in [1.82, 2.24) is 9.97 Å². The number of aliphatic hydroxyl groups excluding tert-OH is 1. The van der Waals surface area contributed by atoms with Crippen molar-refractivity contribution in [3.63, 3.8) is 0 Å². The van der Waals surface area contributed by atoms with Gasteiger partial charge in [0.15, 0.2) is 5.82 Å². The van der Waals surface area contributed by atoms with Crippen LogP contribution in [0.5, 0.6) is 0 Å². The van der Waals surface area contributed by atoms with Crippen LogP contribution in [0.25, 0.3) is 0 Å². The number of nitrogens with two attached hydrogens (primary N) is 1. The molecule has 18 heavy (non-hydrogen) atoms. The molecule has 4 N–H and O–H groups in total. The zero-order chi connectivity index (χ0) is 13.0. The summed E-state index contributed by atoms with van der Waals surface area (Å²) >= 11 is 0. The highest BCUT2D eigenvalue weighted by atomic mass is 16.5. The Morgan fingerprint density at radius 1 is 1.50 bits per heavy atom. The standard InChI is InChI=1S/C12H20N4O2/c1-2-18-7-11-14-9(13)6-10(15-11)16-12(8-17)4-3-5-12/h6,17H,2-5,7-8H2,1H3,(H3,13,14,15,16). The van der Waals surface area contributed by atoms with Gasteiger partial charge in [-0.15, -0.1) is 0 Å². The molecule has 1 aromatic rings. The zero-order valence-corrected chi connectivity index (χ0v) is 10.6. The molecule has 0 aromatic carbocycles. The van der Waals surface area contributed by atoms with Crippen molar-refractivity contribution < 1.29 is 9.84 Å². The van der Waals surface area contributed by atoms with Crippen LogP contribution in [0.2, 0.25) is 0 Å². The highest BCUT2D eigenvalue weighted by Gasteiger charge is 2.36. The van der Waals surface area contributed by atoms with Crippen LogP contribution in [0.4, 0.5) is 11.6 Å². The minimum Gasteiger partial charge on any atom is -0.394 e. The molecule has 1 saturated carbocycles. The number of aromatic nitrogens is 2. The summed E-state index contributed by atoms with van der Waals surface area (Å²) in [5, 5.41) is 12.7. The van der Waals surface area contributed by atoms with Gasteiger partial charge in [0.1, 0.15) is 18.2 Å². The van der Waals surface area contributed by atoms with Crippen LogP contribution in [0, 0.1) is 0 Å². The second-order valence-electron chi connectivity index (χ2n) is 4.65. The minimum atomic E-state index is -0.232. The second-order valence-corrected chi connectivity index (χ2v) is 4.65. The summed E-state index contributed by atoms with van der Waals surface area (Å²) in [5.74, 6) is 1.63. The van der Waals surface area contributed by atoms with Crippen LogP contribution >= 0.6 is 0 Å². The van der Waals surface area contributed by atoms with E-state index >= 15 is 0 Å². The summed E-state index contributed by atoms with van der Waals surface area (Å²) in [5.41, 5.74) is 5.51. The van der Waals surface area contributed by atoms with E-state index in [1.807, 2.05) is 6.92 Å². The summed E-state index contributed by atoms with van der Waals surface area (Å²) in [6.45, 7) is 2.99. The number of aliphatic hydroxyl groups is 1. The highest BCUT2D eigenvalue weighted by molar-refractivity contribution is 5.47. The normalized spacial score (nSPS) is 17.2. The van der Waals surface area contributed by atoms with E-state index in [9.17, 15) is 5.11 Å². The van der Waals surface area contributed by atoms with Gasteiger partial charge in [-0.25, -0.2) is 9.97 Å². The molecule has 0 unspecified atom stereocenters. The van der Waals surface area contributed by atoms with E-state index in [4.69, 9.17) is 10.5 Å². The predicted octanol–water partition coefficient (Wildman–Crippen LogP) is 0.922. The van der Waals surface area contributed by atoms with Crippen LogP contribution in [-0.4, -0.2) is 33.8 Å². The van der Waals surface area contributed by atoms with E-state index in [-0.39, 0.29) is 12.1 Å². The lowest BCUT2D eigenvalue weighted by Crippen LogP contribution is -2.48. The first-order valence-corrected chi connectivity index (χ1v) is 6.28. The smallest absolute Gasteiger partial charge is 0.158 e. The minimum absolute atomic E-state index is 0.109. The lowest BCUT2D eigenvalue weighted by Gasteiger charge is -2.41. The fourth-order valence-corrected chi connectivity index (χ4v) is 2.04. The van der Waals surface area contributed by atoms with Crippen molar-refractivity contribution >= 4 is 11.6 Å². The van der Waals surface area contributed by atoms with E-state index in [0.717, 1.165) is 19.3 Å². The molecule has 0 bridgehead atoms. The van der Waals surface area contributed by atoms with Crippen molar-refractivity contribution in [2.45, 2.75) is 38.3 Å². The third-order valence-corrected chi connectivity index (χ3v) is 3.23. The van der Waals surface area contributed by atoms with Gasteiger partial charge in [0, 0.05) is 12.7 Å². The van der Waals surface area contributed by atoms with Crippen LogP contribution in [-0.2, 0) is 11.3 Å². The van der Waals surface area contributed by atoms with E-state index < -0.39 is 0 Å². The van der Waals surface area contributed by atoms with Gasteiger partial charge in [-0.05, 0) is 26.2 Å². The lowest BCUT2D eigenvalue weighted by molar-refractivity contribution is 0.128. The molecule has 0 aliphatic heterocycles. The number of hydrogen-bond donors (Lipinski definition) is 3. The van der Waals surface area contributed by atoms with Crippen molar-refractivity contribution in [2.24, 2.45) is 0 Å². The van der Waals surface area contributed by atoms with Crippen LogP contribution in [0.3, 0.4) is 0 Å². The average molecular weight is 252 g/mol. The first kappa shape index (κ1) is 13.0. The number of ether oxygens (including phenoxy) is 1. The van der Waals surface area contributed by atoms with Crippen LogP contribution in [0.1, 0.15) is 32.0 Å². The highest BCUT2D eigenvalue weighted by Crippen LogP contribution is 2.34. The third-order valence-electron chi connectivity index (χ3n) is 3.23. The molecule has 0 saturated heterocycles. The number of nitrogens with zero attached hydrogens (tertiary/aromatic N) is 2. The summed E-state index contributed by atoms with van der Waals surface area (Å²) in [7, 11) is 0. The molecule has 6 heteroatoms. The van der Waals surface area contributed by atoms with E-state index in [1.54, 1.807) is 6.07 Å². The Morgan fingerprint density at radius 3 is 2.83 bits per heavy atom. The topological polar surface area (TPSA) is 93.3 Å². The van der Waals surface area contributed by atoms with Gasteiger partial charge >= 0.3 is 0 Å². The second kappa shape index (κ2) is 5.49. The number of nitrogens with one attached hydrogen (secondary N) is 1. The summed E-state index contributed by atoms with van der Waals surface area (Å²) in [6, 6.07) is 1.69. The molecule has 6 nitrogen and oxygen atoms in total. The Hall–Kier alpha value is -1.40. The molecular formula is C12H20N4O2. The molecule has 1 heterocycles. The Labute approximate surface area is 107 Å². The summed E-state index contributed by atoms with van der Waals surface area (Å²) in [6.07, 6.45) is 3.03. The van der Waals surface area contributed by atoms with Crippen molar-refractivity contribution in [3.8, 4) is 0 Å². The summed E-state index contributed by atoms with van der Waals surface area (Å²) < 4.78 is 5.27. The fourth-order valence-electron chi connectivity index (χ4n) is 2.04. The third kappa shape index (κ3) is 2.88. The maximum atomic E-state index is 9.42. The maximum Gasteiger partial charge on any atom is 0.158 e. The van der Waals surface area contributed by atoms with Gasteiger partial charge in [-0.3, -0.25) is 0 Å². The Kier molecular flexibility index (Phi) is 3.98. The molecule has 1 aliphatic carbocycles. The van der Waals surface area contributed by atoms with Crippen molar-refractivity contribution in [3.05, 3.63) is 11.9 Å². The molecule has 1 aromatic heterocycles. The van der Waals surface area contributed by atoms with Crippen LogP contribution in [0.15, 0.2) is 6.07 Å². The predicted molar refractivity (Wildman–Crippen MR) is 69.1 cm³/mol. The average Bonchev–Trinajstić information content (AvgIpc) is 2.30. The largest absolute Gasteiger partial charge is 0.394 e. The Bertz CT molecular complexity index is 402. The Morgan fingerprint density at radius 2 is 2.28 bits per heavy atom. The van der Waals surface area contributed by atoms with Gasteiger partial charge in [0.2, 0.25) is 0 Å². The lowest BCUT2D eigenvalue weighted by atomic mass is 9.77. The fraction of sp³-hybridized carbons (Fsp3) is 0.667. The number of hydrogen-bond acceptors (Lipinski definition) is 6. The zero-order valence-electron chi connectivity index (χ0n) is 10.6. The van der Waals surface area contributed by atoms with Crippen molar-refractivity contribution in [1.29, 1.82) is 0 Å². The monoisotopic (exact) mass is 252 g/mol. The first-order valence-electron chi connectivity index (χ1n) is 6.28. The SMILES string of the molecule is CCOCc1nc(N)cc(NC2(CO)CCC2)n1. The first-order chi connectivity index (χ1) is 8.67. The van der Waals surface area contributed by atoms with Gasteiger partial charge < -0.3 is 20.9 Å². The summed E-state index contributed by atoms with van der Waals surface area (Å²) in [4.78, 5) is 8.46. The molecule has 1 fully saturated rings. The van der Waals surface area contributed by atoms with E-state index in [1.165, 1.54) is 0 Å². The quantitative estimate of drug-likeness (QED) is 0.697. The molecule has 0 atom stereocenters.